The van der Waals surface area contributed by atoms with E-state index in [0.29, 0.717) is 34.6 Å². The molecule has 24 heteroatoms. The molecule has 0 aliphatic heterocycles. The van der Waals surface area contributed by atoms with Crippen LogP contribution in [0.15, 0.2) is 461 Å². The van der Waals surface area contributed by atoms with Gasteiger partial charge in [-0.1, -0.05) is 277 Å². The Kier molecular flexibility index (Phi) is 36.5. The number of anilines is 12. The van der Waals surface area contributed by atoms with Crippen LogP contribution in [0.2, 0.25) is 0 Å². The van der Waals surface area contributed by atoms with Gasteiger partial charge in [0.05, 0.1) is 0 Å². The van der Waals surface area contributed by atoms with Crippen LogP contribution in [0.3, 0.4) is 0 Å². The van der Waals surface area contributed by atoms with Crippen LogP contribution in [0.25, 0.3) is 112 Å². The average molecular weight is 2670 g/mol. The molecule has 0 unspecified atom stereocenters. The second-order valence-corrected chi connectivity index (χ2v) is 32.2. The SMILES string of the molecule is Fc1c[c-]c(-c2cccc(N(c3ccccc3)c3cccc(-c4[c-]cc(F)cc4F)n3)n2)c(F)c1.Fc1c[c-]c(-c2cccc(N(c3ccccc3)c3cccc(-c4[c-]cc(F)cc4F)n3)n2)c(F)c1.[Pt+2].[Pt+2].[Pt+2].[Pt+2].[c-]1ccc(-c2ccccc2)cc1-c1cccc(N(c2ccccc2)c2cccc(-c3[c-]ccc(-c4ccccc4)c3)n2)n1.[c-]1ccccc1-c1cccc(N(c2ccccc2)c2cccc(-c3[c-]cccc3)n2)n1. The number of pyridine rings is 8. The van der Waals surface area contributed by atoms with E-state index in [1.807, 2.05) is 243 Å². The fraction of sp³-hybridized carbons (Fsp3) is 0. The molecule has 0 N–H and O–H groups in total. The number of halogens is 8. The standard InChI is InChI=1S/C40H27N3.2C28H15F4N3.C28H19N3.4Pt/c1-4-14-30(15-5-1)32-18-10-20-34(28-32)37-24-12-26-39(41-37)43(36-22-8-3-9-23-36)40-27-13-25-38(42-40)35-21-11-19-33(29-35)31-16-6-2-7-17-31;2*29-18-12-14-21(23(31)16-18)25-8-4-10-27(33-25)35(20-6-2-1-3-7-20)28-11-5-9-26(34-28)22-15-13-19(30)17-24(22)32;1-4-12-22(13-5-1)25-18-10-20-27(29-25)31(24-16-8-3-9-17-24)28-21-11-19-26(30-28)23-14-6-2-7-15-23;;;;/h1-19,22-29H;2*1-13,16-17H;1-12,14,16-21H;;;;/q4*-2;4*+2. The second kappa shape index (κ2) is 50.9. The van der Waals surface area contributed by atoms with Gasteiger partial charge in [-0.05, 0) is 154 Å². The summed E-state index contributed by atoms with van der Waals surface area (Å²) in [6.07, 6.45) is 0. The summed E-state index contributed by atoms with van der Waals surface area (Å²) >= 11 is 0. The molecule has 148 heavy (non-hydrogen) atoms. The van der Waals surface area contributed by atoms with Crippen molar-refractivity contribution in [2.45, 2.75) is 0 Å². The van der Waals surface area contributed by atoms with Crippen molar-refractivity contribution < 1.29 is 119 Å². The van der Waals surface area contributed by atoms with E-state index in [1.165, 1.54) is 0 Å². The van der Waals surface area contributed by atoms with Crippen molar-refractivity contribution in [1.29, 1.82) is 0 Å². The van der Waals surface area contributed by atoms with Crippen LogP contribution < -0.4 is 19.6 Å². The summed E-state index contributed by atoms with van der Waals surface area (Å²) in [7, 11) is 0. The number of hydrogen-bond acceptors (Lipinski definition) is 12. The monoisotopic (exact) mass is 2660 g/mol. The molecule has 0 amide bonds. The van der Waals surface area contributed by atoms with E-state index >= 15 is 0 Å². The predicted molar refractivity (Wildman–Crippen MR) is 552 cm³/mol. The van der Waals surface area contributed by atoms with Crippen LogP contribution in [0.4, 0.5) is 104 Å². The Morgan fingerprint density at radius 2 is 0.365 bits per heavy atom. The molecule has 0 spiro atoms. The van der Waals surface area contributed by atoms with E-state index in [1.54, 1.807) is 82.6 Å². The maximum absolute atomic E-state index is 14.4. The topological polar surface area (TPSA) is 116 Å². The Morgan fingerprint density at radius 1 is 0.162 bits per heavy atom. The largest absolute Gasteiger partial charge is 2.00 e. The smallest absolute Gasteiger partial charge is 0.280 e. The van der Waals surface area contributed by atoms with Crippen molar-refractivity contribution in [3.8, 4) is 112 Å². The van der Waals surface area contributed by atoms with Gasteiger partial charge in [-0.3, -0.25) is 94.6 Å². The summed E-state index contributed by atoms with van der Waals surface area (Å²) in [4.78, 5) is 46.0. The molecule has 0 saturated carbocycles. The Hall–Kier alpha value is -16.3. The van der Waals surface area contributed by atoms with Crippen molar-refractivity contribution >= 4 is 69.3 Å². The third-order valence-electron chi connectivity index (χ3n) is 22.6. The van der Waals surface area contributed by atoms with E-state index in [0.717, 1.165) is 150 Å². The van der Waals surface area contributed by atoms with Gasteiger partial charge in [-0.25, -0.2) is 0 Å². The van der Waals surface area contributed by atoms with Gasteiger partial charge >= 0.3 is 84.3 Å². The van der Waals surface area contributed by atoms with Crippen molar-refractivity contribution in [2.75, 3.05) is 19.6 Å². The summed E-state index contributed by atoms with van der Waals surface area (Å²) in [6.45, 7) is 0. The average Bonchev–Trinajstić information content (AvgIpc) is 0.803. The van der Waals surface area contributed by atoms with E-state index < -0.39 is 46.5 Å². The third kappa shape index (κ3) is 25.9. The summed E-state index contributed by atoms with van der Waals surface area (Å²) in [6, 6.07) is 163. The van der Waals surface area contributed by atoms with E-state index in [4.69, 9.17) is 19.9 Å². The van der Waals surface area contributed by atoms with Gasteiger partial charge in [0.25, 0.3) is 0 Å². The second-order valence-electron chi connectivity index (χ2n) is 32.2. The molecule has 22 rings (SSSR count). The Bertz CT molecular complexity index is 7560. The van der Waals surface area contributed by atoms with Crippen LogP contribution in [-0.2, 0) is 84.3 Å². The molecular weight excluding hydrogens is 2590 g/mol. The van der Waals surface area contributed by atoms with Crippen LogP contribution in [0.1, 0.15) is 0 Å². The molecular formula is C124H76F8N12Pt4. The van der Waals surface area contributed by atoms with Crippen LogP contribution in [-0.4, -0.2) is 39.9 Å². The van der Waals surface area contributed by atoms with Crippen molar-refractivity contribution in [3.05, 3.63) is 556 Å². The summed E-state index contributed by atoms with van der Waals surface area (Å²) in [5.74, 6) is -1.42. The minimum absolute atomic E-state index is 0. The van der Waals surface area contributed by atoms with E-state index in [9.17, 15) is 35.1 Å². The maximum atomic E-state index is 14.4. The number of rotatable bonds is 22. The molecule has 12 nitrogen and oxygen atoms in total. The minimum atomic E-state index is -0.789. The number of benzene rings is 14. The summed E-state index contributed by atoms with van der Waals surface area (Å²) < 4.78 is 111. The first-order chi connectivity index (χ1) is 70.7. The first-order valence-corrected chi connectivity index (χ1v) is 45.4. The Morgan fingerprint density at radius 3 is 0.588 bits per heavy atom. The van der Waals surface area contributed by atoms with Gasteiger partial charge < -0.3 is 0 Å². The third-order valence-corrected chi connectivity index (χ3v) is 22.6. The van der Waals surface area contributed by atoms with Crippen LogP contribution in [0.5, 0.6) is 0 Å². The predicted octanol–water partition coefficient (Wildman–Crippen LogP) is 32.0. The first-order valence-electron chi connectivity index (χ1n) is 45.4. The van der Waals surface area contributed by atoms with Gasteiger partial charge in [-0.15, -0.1) is 191 Å². The zero-order valence-electron chi connectivity index (χ0n) is 77.5. The molecule has 0 radical (unpaired) electrons. The van der Waals surface area contributed by atoms with Crippen LogP contribution >= 0.6 is 0 Å². The van der Waals surface area contributed by atoms with Crippen LogP contribution in [0, 0.1) is 95.1 Å². The minimum Gasteiger partial charge on any atom is -0.280 e. The fourth-order valence-corrected chi connectivity index (χ4v) is 15.9. The molecule has 0 bridgehead atoms. The molecule has 14 aromatic carbocycles. The normalized spacial score (nSPS) is 10.5. The quantitative estimate of drug-likeness (QED) is 0.0475. The molecule has 728 valence electrons. The van der Waals surface area contributed by atoms with Gasteiger partial charge in [0.1, 0.15) is 46.5 Å². The molecule has 0 fully saturated rings. The first kappa shape index (κ1) is 106. The van der Waals surface area contributed by atoms with Gasteiger partial charge in [0.15, 0.2) is 0 Å². The number of hydrogen-bond donors (Lipinski definition) is 0. The zero-order valence-corrected chi connectivity index (χ0v) is 86.6. The Labute approximate surface area is 908 Å². The maximum Gasteiger partial charge on any atom is 2.00 e. The van der Waals surface area contributed by atoms with E-state index in [-0.39, 0.29) is 129 Å². The molecule has 0 atom stereocenters. The molecule has 0 aliphatic carbocycles. The molecule has 0 saturated heterocycles. The van der Waals surface area contributed by atoms with Crippen molar-refractivity contribution in [1.82, 2.24) is 39.9 Å². The molecule has 22 aromatic rings. The number of nitrogens with zero attached hydrogens (tertiary/aromatic N) is 12. The van der Waals surface area contributed by atoms with E-state index in [2.05, 4.69) is 175 Å². The molecule has 0 aliphatic rings. The van der Waals surface area contributed by atoms with Gasteiger partial charge in [0, 0.05) is 69.3 Å². The van der Waals surface area contributed by atoms with Crippen molar-refractivity contribution in [3.63, 3.8) is 0 Å². The summed E-state index contributed by atoms with van der Waals surface area (Å²) in [5.41, 5.74) is 16.2. The van der Waals surface area contributed by atoms with Gasteiger partial charge in [0.2, 0.25) is 0 Å². The number of aromatic nitrogens is 8. The number of para-hydroxylation sites is 4. The summed E-state index contributed by atoms with van der Waals surface area (Å²) in [5, 5.41) is 0. The van der Waals surface area contributed by atoms with Crippen molar-refractivity contribution in [2.24, 2.45) is 0 Å². The molecule has 8 heterocycles. The molecule has 8 aromatic heterocycles. The Balaban J connectivity index is 0.000000147. The fourth-order valence-electron chi connectivity index (χ4n) is 15.9. The zero-order chi connectivity index (χ0) is 98.5. The van der Waals surface area contributed by atoms with Gasteiger partial charge in [-0.2, -0.15) is 0 Å².